The average Bonchev–Trinajstić information content (AvgIpc) is 2.55. The van der Waals surface area contributed by atoms with Crippen molar-refractivity contribution in [2.24, 2.45) is 0 Å². The van der Waals surface area contributed by atoms with Crippen LogP contribution < -0.4 is 5.56 Å². The topological polar surface area (TPSA) is 58.6 Å². The molecule has 4 rings (SSSR count). The first-order chi connectivity index (χ1) is 10.7. The summed E-state index contributed by atoms with van der Waals surface area (Å²) >= 11 is 0. The number of pyridine rings is 1. The first-order valence-electron chi connectivity index (χ1n) is 7.07. The second-order valence-electron chi connectivity index (χ2n) is 5.31. The molecule has 0 amide bonds. The molecule has 4 heteroatoms. The summed E-state index contributed by atoms with van der Waals surface area (Å²) in [7, 11) is 0. The summed E-state index contributed by atoms with van der Waals surface area (Å²) in [6.45, 7) is 2.03. The Morgan fingerprint density at radius 2 is 1.77 bits per heavy atom. The third-order valence-electron chi connectivity index (χ3n) is 3.78. The average molecular weight is 287 g/mol. The molecule has 0 fully saturated rings. The fourth-order valence-corrected chi connectivity index (χ4v) is 2.60. The van der Waals surface area contributed by atoms with Gasteiger partial charge in [0, 0.05) is 17.1 Å². The Hall–Kier alpha value is -3.01. The van der Waals surface area contributed by atoms with Crippen molar-refractivity contribution in [1.29, 1.82) is 0 Å². The highest BCUT2D eigenvalue weighted by Crippen LogP contribution is 2.22. The molecule has 0 aliphatic rings. The lowest BCUT2D eigenvalue weighted by Crippen LogP contribution is -2.09. The lowest BCUT2D eigenvalue weighted by molar-refractivity contribution is 1.18. The van der Waals surface area contributed by atoms with Crippen LogP contribution in [-0.2, 0) is 0 Å². The van der Waals surface area contributed by atoms with Crippen LogP contribution in [-0.4, -0.2) is 15.0 Å². The normalized spacial score (nSPS) is 11.1. The third kappa shape index (κ3) is 1.97. The van der Waals surface area contributed by atoms with Gasteiger partial charge >= 0.3 is 0 Å². The number of hydrogen-bond acceptors (Lipinski definition) is 3. The van der Waals surface area contributed by atoms with E-state index in [2.05, 4.69) is 15.0 Å². The molecule has 22 heavy (non-hydrogen) atoms. The zero-order valence-corrected chi connectivity index (χ0v) is 12.0. The minimum atomic E-state index is -0.133. The number of aryl methyl sites for hydroxylation is 1. The van der Waals surface area contributed by atoms with E-state index < -0.39 is 0 Å². The van der Waals surface area contributed by atoms with Crippen molar-refractivity contribution in [1.82, 2.24) is 15.0 Å². The zero-order chi connectivity index (χ0) is 15.1. The van der Waals surface area contributed by atoms with Crippen LogP contribution in [0.15, 0.2) is 59.5 Å². The molecule has 0 atom stereocenters. The Bertz CT molecular complexity index is 1050. The Morgan fingerprint density at radius 1 is 0.955 bits per heavy atom. The van der Waals surface area contributed by atoms with E-state index in [0.717, 1.165) is 16.5 Å². The molecule has 0 bridgehead atoms. The number of H-pyrrole nitrogens is 1. The van der Waals surface area contributed by atoms with E-state index in [1.165, 1.54) is 5.56 Å². The van der Waals surface area contributed by atoms with E-state index in [9.17, 15) is 4.79 Å². The van der Waals surface area contributed by atoms with E-state index in [1.54, 1.807) is 12.3 Å². The Morgan fingerprint density at radius 3 is 2.59 bits per heavy atom. The quantitative estimate of drug-likeness (QED) is 0.545. The van der Waals surface area contributed by atoms with Crippen LogP contribution in [0.5, 0.6) is 0 Å². The lowest BCUT2D eigenvalue weighted by Gasteiger charge is -2.06. The second kappa shape index (κ2) is 4.77. The number of aromatic nitrogens is 3. The largest absolute Gasteiger partial charge is 0.306 e. The van der Waals surface area contributed by atoms with Gasteiger partial charge in [0.15, 0.2) is 0 Å². The van der Waals surface area contributed by atoms with Gasteiger partial charge in [-0.05, 0) is 31.2 Å². The number of nitrogens with one attached hydrogen (secondary N) is 1. The minimum Gasteiger partial charge on any atom is -0.306 e. The maximum Gasteiger partial charge on any atom is 0.259 e. The van der Waals surface area contributed by atoms with Crippen molar-refractivity contribution < 1.29 is 0 Å². The monoisotopic (exact) mass is 287 g/mol. The molecular formula is C18H13N3O. The number of benzene rings is 2. The summed E-state index contributed by atoms with van der Waals surface area (Å²) < 4.78 is 0. The van der Waals surface area contributed by atoms with Crippen molar-refractivity contribution in [2.75, 3.05) is 0 Å². The molecule has 0 aliphatic carbocycles. The van der Waals surface area contributed by atoms with Crippen LogP contribution in [0.3, 0.4) is 0 Å². The van der Waals surface area contributed by atoms with Gasteiger partial charge in [0.05, 0.1) is 16.4 Å². The molecule has 0 aliphatic heterocycles. The van der Waals surface area contributed by atoms with Gasteiger partial charge in [-0.3, -0.25) is 9.78 Å². The molecule has 4 nitrogen and oxygen atoms in total. The molecule has 1 N–H and O–H groups in total. The van der Waals surface area contributed by atoms with E-state index in [1.807, 2.05) is 49.4 Å². The van der Waals surface area contributed by atoms with Crippen molar-refractivity contribution in [3.05, 3.63) is 70.6 Å². The molecule has 4 aromatic rings. The standard InChI is InChI=1S/C18H13N3O/c1-11-4-6-12(7-5-11)17-20-16-13-3-2-10-19-15(13)9-8-14(16)18(22)21-17/h2-10H,1H3,(H,20,21,22). The van der Waals surface area contributed by atoms with Crippen LogP contribution in [0.25, 0.3) is 33.2 Å². The van der Waals surface area contributed by atoms with E-state index >= 15 is 0 Å². The maximum atomic E-state index is 12.4. The van der Waals surface area contributed by atoms with Gasteiger partial charge in [-0.2, -0.15) is 0 Å². The lowest BCUT2D eigenvalue weighted by atomic mass is 10.1. The Balaban J connectivity index is 2.08. The van der Waals surface area contributed by atoms with E-state index in [-0.39, 0.29) is 5.56 Å². The molecule has 0 saturated heterocycles. The fourth-order valence-electron chi connectivity index (χ4n) is 2.60. The highest BCUT2D eigenvalue weighted by atomic mass is 16.1. The van der Waals surface area contributed by atoms with E-state index in [4.69, 9.17) is 0 Å². The Labute approximate surface area is 126 Å². The van der Waals surface area contributed by atoms with Crippen LogP contribution in [0.2, 0.25) is 0 Å². The molecular weight excluding hydrogens is 274 g/mol. The number of nitrogens with zero attached hydrogens (tertiary/aromatic N) is 2. The minimum absolute atomic E-state index is 0.133. The van der Waals surface area contributed by atoms with Crippen molar-refractivity contribution in [3.8, 4) is 11.4 Å². The molecule has 0 spiro atoms. The van der Waals surface area contributed by atoms with Gasteiger partial charge in [-0.15, -0.1) is 0 Å². The fraction of sp³-hybridized carbons (Fsp3) is 0.0556. The second-order valence-corrected chi connectivity index (χ2v) is 5.31. The summed E-state index contributed by atoms with van der Waals surface area (Å²) in [5, 5.41) is 1.47. The smallest absolute Gasteiger partial charge is 0.259 e. The third-order valence-corrected chi connectivity index (χ3v) is 3.78. The SMILES string of the molecule is Cc1ccc(-c2nc3c(ccc4ncccc43)c(=O)[nH]2)cc1. The van der Waals surface area contributed by atoms with Gasteiger partial charge < -0.3 is 4.98 Å². The van der Waals surface area contributed by atoms with Gasteiger partial charge in [0.1, 0.15) is 5.82 Å². The molecule has 0 unspecified atom stereocenters. The highest BCUT2D eigenvalue weighted by Gasteiger charge is 2.09. The molecule has 2 heterocycles. The van der Waals surface area contributed by atoms with Crippen molar-refractivity contribution in [3.63, 3.8) is 0 Å². The summed E-state index contributed by atoms with van der Waals surface area (Å²) in [5.74, 6) is 0.578. The zero-order valence-electron chi connectivity index (χ0n) is 12.0. The molecule has 106 valence electrons. The first-order valence-corrected chi connectivity index (χ1v) is 7.07. The summed E-state index contributed by atoms with van der Waals surface area (Å²) in [4.78, 5) is 24.2. The van der Waals surface area contributed by atoms with Crippen LogP contribution in [0, 0.1) is 6.92 Å². The van der Waals surface area contributed by atoms with Gasteiger partial charge in [-0.1, -0.05) is 29.8 Å². The van der Waals surface area contributed by atoms with Crippen LogP contribution in [0.1, 0.15) is 5.56 Å². The first kappa shape index (κ1) is 12.7. The highest BCUT2D eigenvalue weighted by molar-refractivity contribution is 6.03. The molecule has 2 aromatic heterocycles. The summed E-state index contributed by atoms with van der Waals surface area (Å²) in [6, 6.07) is 15.3. The predicted octanol–water partition coefficient (Wildman–Crippen LogP) is 3.45. The number of fused-ring (bicyclic) bond motifs is 3. The van der Waals surface area contributed by atoms with Crippen LogP contribution in [0.4, 0.5) is 0 Å². The maximum absolute atomic E-state index is 12.4. The van der Waals surface area contributed by atoms with Crippen molar-refractivity contribution >= 4 is 21.8 Å². The summed E-state index contributed by atoms with van der Waals surface area (Å²) in [6.07, 6.45) is 1.74. The van der Waals surface area contributed by atoms with Gasteiger partial charge in [0.2, 0.25) is 0 Å². The van der Waals surface area contributed by atoms with Crippen LogP contribution >= 0.6 is 0 Å². The van der Waals surface area contributed by atoms with Gasteiger partial charge in [-0.25, -0.2) is 4.98 Å². The van der Waals surface area contributed by atoms with Crippen molar-refractivity contribution in [2.45, 2.75) is 6.92 Å². The number of aromatic amines is 1. The van der Waals surface area contributed by atoms with Gasteiger partial charge in [0.25, 0.3) is 5.56 Å². The summed E-state index contributed by atoms with van der Waals surface area (Å²) in [5.41, 5.74) is 3.45. The Kier molecular flexibility index (Phi) is 2.76. The predicted molar refractivity (Wildman–Crippen MR) is 87.8 cm³/mol. The molecule has 2 aromatic carbocycles. The number of rotatable bonds is 1. The molecule has 0 radical (unpaired) electrons. The van der Waals surface area contributed by atoms with E-state index in [0.29, 0.717) is 16.7 Å². The molecule has 0 saturated carbocycles. The number of hydrogen-bond donors (Lipinski definition) is 1.